The highest BCUT2D eigenvalue weighted by atomic mass is 79.9. The first-order valence-corrected chi connectivity index (χ1v) is 6.55. The molecule has 2 rings (SSSR count). The fourth-order valence-corrected chi connectivity index (χ4v) is 2.62. The van der Waals surface area contributed by atoms with Gasteiger partial charge >= 0.3 is 0 Å². The van der Waals surface area contributed by atoms with Gasteiger partial charge in [0, 0.05) is 36.2 Å². The Labute approximate surface area is 110 Å². The van der Waals surface area contributed by atoms with Crippen LogP contribution in [0.15, 0.2) is 22.7 Å². The van der Waals surface area contributed by atoms with Crippen LogP contribution in [0.2, 0.25) is 5.02 Å². The van der Waals surface area contributed by atoms with E-state index in [1.165, 1.54) is 5.56 Å². The maximum Gasteiger partial charge on any atom is 0.0710 e. The van der Waals surface area contributed by atoms with Crippen molar-refractivity contribution in [1.82, 2.24) is 4.90 Å². The number of ether oxygens (including phenoxy) is 1. The molecule has 1 aromatic carbocycles. The molecule has 4 heteroatoms. The Hall–Kier alpha value is -0.0900. The summed E-state index contributed by atoms with van der Waals surface area (Å²) in [6, 6.07) is 5.99. The molecule has 0 radical (unpaired) electrons. The summed E-state index contributed by atoms with van der Waals surface area (Å²) >= 11 is 9.64. The quantitative estimate of drug-likeness (QED) is 0.849. The van der Waals surface area contributed by atoms with Crippen molar-refractivity contribution in [2.45, 2.75) is 19.1 Å². The molecule has 1 fully saturated rings. The van der Waals surface area contributed by atoms with Gasteiger partial charge in [-0.05, 0) is 30.2 Å². The Bertz CT molecular complexity index is 372. The summed E-state index contributed by atoms with van der Waals surface area (Å²) < 4.78 is 6.43. The zero-order chi connectivity index (χ0) is 11.5. The highest BCUT2D eigenvalue weighted by Crippen LogP contribution is 2.24. The molecule has 0 bridgehead atoms. The molecule has 0 saturated carbocycles. The molecule has 1 aliphatic heterocycles. The predicted octanol–water partition coefficient (Wildman–Crippen LogP) is 3.32. The third-order valence-electron chi connectivity index (χ3n) is 2.96. The molecule has 88 valence electrons. The molecule has 1 aliphatic rings. The third-order valence-corrected chi connectivity index (χ3v) is 3.83. The number of halogens is 2. The number of nitrogens with zero attached hydrogens (tertiary/aromatic N) is 1. The van der Waals surface area contributed by atoms with Crippen LogP contribution < -0.4 is 0 Å². The summed E-state index contributed by atoms with van der Waals surface area (Å²) in [5.41, 5.74) is 1.17. The van der Waals surface area contributed by atoms with Crippen LogP contribution >= 0.6 is 27.5 Å². The maximum atomic E-state index is 6.17. The van der Waals surface area contributed by atoms with E-state index < -0.39 is 0 Å². The second-order valence-corrected chi connectivity index (χ2v) is 5.44. The lowest BCUT2D eigenvalue weighted by Crippen LogP contribution is -2.22. The van der Waals surface area contributed by atoms with Gasteiger partial charge in [-0.15, -0.1) is 0 Å². The Morgan fingerprint density at radius 2 is 2.38 bits per heavy atom. The maximum absolute atomic E-state index is 6.17. The van der Waals surface area contributed by atoms with E-state index in [9.17, 15) is 0 Å². The lowest BCUT2D eigenvalue weighted by atomic mass is 10.2. The van der Waals surface area contributed by atoms with Gasteiger partial charge in [0.1, 0.15) is 0 Å². The average Bonchev–Trinajstić information content (AvgIpc) is 2.71. The van der Waals surface area contributed by atoms with Crippen LogP contribution in [0.25, 0.3) is 0 Å². The zero-order valence-electron chi connectivity index (χ0n) is 9.25. The number of likely N-dealkylation sites (tertiary alicyclic amines) is 1. The van der Waals surface area contributed by atoms with Gasteiger partial charge in [0.2, 0.25) is 0 Å². The molecule has 1 atom stereocenters. The van der Waals surface area contributed by atoms with Crippen LogP contribution in [0.1, 0.15) is 12.0 Å². The molecule has 0 amide bonds. The van der Waals surface area contributed by atoms with E-state index in [0.717, 1.165) is 35.6 Å². The fraction of sp³-hybridized carbons (Fsp3) is 0.500. The normalized spacial score (nSPS) is 21.6. The van der Waals surface area contributed by atoms with Gasteiger partial charge < -0.3 is 4.74 Å². The largest absolute Gasteiger partial charge is 0.380 e. The van der Waals surface area contributed by atoms with Crippen LogP contribution in [0.5, 0.6) is 0 Å². The average molecular weight is 305 g/mol. The van der Waals surface area contributed by atoms with Gasteiger partial charge in [0.05, 0.1) is 6.10 Å². The van der Waals surface area contributed by atoms with Gasteiger partial charge in [-0.2, -0.15) is 0 Å². The van der Waals surface area contributed by atoms with E-state index >= 15 is 0 Å². The van der Waals surface area contributed by atoms with Crippen molar-refractivity contribution < 1.29 is 4.74 Å². The Kier molecular flexibility index (Phi) is 4.25. The Balaban J connectivity index is 2.01. The van der Waals surface area contributed by atoms with E-state index in [2.05, 4.69) is 26.9 Å². The lowest BCUT2D eigenvalue weighted by Gasteiger charge is -2.16. The highest BCUT2D eigenvalue weighted by Gasteiger charge is 2.22. The number of benzene rings is 1. The van der Waals surface area contributed by atoms with E-state index in [0.29, 0.717) is 6.10 Å². The van der Waals surface area contributed by atoms with Crippen molar-refractivity contribution in [1.29, 1.82) is 0 Å². The highest BCUT2D eigenvalue weighted by molar-refractivity contribution is 9.10. The van der Waals surface area contributed by atoms with E-state index in [4.69, 9.17) is 16.3 Å². The van der Waals surface area contributed by atoms with Crippen molar-refractivity contribution in [2.75, 3.05) is 20.2 Å². The lowest BCUT2D eigenvalue weighted by molar-refractivity contribution is 0.107. The topological polar surface area (TPSA) is 12.5 Å². The van der Waals surface area contributed by atoms with Crippen LogP contribution in [-0.2, 0) is 11.3 Å². The van der Waals surface area contributed by atoms with Crippen LogP contribution in [0, 0.1) is 0 Å². The first-order chi connectivity index (χ1) is 7.69. The van der Waals surface area contributed by atoms with E-state index in [1.807, 2.05) is 12.1 Å². The molecule has 1 aromatic rings. The number of rotatable bonds is 3. The van der Waals surface area contributed by atoms with Gasteiger partial charge in [0.15, 0.2) is 0 Å². The first-order valence-electron chi connectivity index (χ1n) is 5.38. The molecule has 1 heterocycles. The molecule has 0 spiro atoms. The number of hydrogen-bond acceptors (Lipinski definition) is 2. The van der Waals surface area contributed by atoms with E-state index in [1.54, 1.807) is 7.11 Å². The summed E-state index contributed by atoms with van der Waals surface area (Å²) in [6.45, 7) is 2.98. The smallest absolute Gasteiger partial charge is 0.0710 e. The summed E-state index contributed by atoms with van der Waals surface area (Å²) in [7, 11) is 1.78. The molecule has 1 unspecified atom stereocenters. The molecule has 0 aliphatic carbocycles. The second kappa shape index (κ2) is 5.50. The van der Waals surface area contributed by atoms with Crippen molar-refractivity contribution in [2.24, 2.45) is 0 Å². The SMILES string of the molecule is COC1CCN(Cc2cc(Br)ccc2Cl)C1. The van der Waals surface area contributed by atoms with Crippen LogP contribution in [0.4, 0.5) is 0 Å². The molecular weight excluding hydrogens is 289 g/mol. The number of hydrogen-bond donors (Lipinski definition) is 0. The van der Waals surface area contributed by atoms with Crippen molar-refractivity contribution in [3.63, 3.8) is 0 Å². The molecule has 1 saturated heterocycles. The third kappa shape index (κ3) is 2.98. The minimum Gasteiger partial charge on any atom is -0.380 e. The molecular formula is C12H15BrClNO. The van der Waals surface area contributed by atoms with Gasteiger partial charge in [-0.3, -0.25) is 4.90 Å². The van der Waals surface area contributed by atoms with E-state index in [-0.39, 0.29) is 0 Å². The standard InChI is InChI=1S/C12H15BrClNO/c1-16-11-4-5-15(8-11)7-9-6-10(13)2-3-12(9)14/h2-3,6,11H,4-5,7-8H2,1H3. The molecule has 2 nitrogen and oxygen atoms in total. The summed E-state index contributed by atoms with van der Waals surface area (Å²) in [6.07, 6.45) is 1.49. The minimum atomic E-state index is 0.380. The van der Waals surface area contributed by atoms with Crippen LogP contribution in [0.3, 0.4) is 0 Å². The zero-order valence-corrected chi connectivity index (χ0v) is 11.6. The molecule has 16 heavy (non-hydrogen) atoms. The molecule has 0 N–H and O–H groups in total. The summed E-state index contributed by atoms with van der Waals surface area (Å²) in [4.78, 5) is 2.38. The summed E-state index contributed by atoms with van der Waals surface area (Å²) in [5.74, 6) is 0. The van der Waals surface area contributed by atoms with Crippen molar-refractivity contribution in [3.05, 3.63) is 33.3 Å². The predicted molar refractivity (Wildman–Crippen MR) is 69.8 cm³/mol. The Morgan fingerprint density at radius 3 is 3.06 bits per heavy atom. The number of methoxy groups -OCH3 is 1. The first kappa shape index (κ1) is 12.4. The fourth-order valence-electron chi connectivity index (χ4n) is 2.04. The van der Waals surface area contributed by atoms with Gasteiger partial charge in [0.25, 0.3) is 0 Å². The minimum absolute atomic E-state index is 0.380. The second-order valence-electron chi connectivity index (χ2n) is 4.12. The summed E-state index contributed by atoms with van der Waals surface area (Å²) in [5, 5.41) is 0.837. The van der Waals surface area contributed by atoms with Crippen molar-refractivity contribution in [3.8, 4) is 0 Å². The monoisotopic (exact) mass is 303 g/mol. The van der Waals surface area contributed by atoms with Gasteiger partial charge in [-0.25, -0.2) is 0 Å². The van der Waals surface area contributed by atoms with Crippen LogP contribution in [-0.4, -0.2) is 31.2 Å². The van der Waals surface area contributed by atoms with Gasteiger partial charge in [-0.1, -0.05) is 27.5 Å². The Morgan fingerprint density at radius 1 is 1.56 bits per heavy atom. The van der Waals surface area contributed by atoms with Crippen molar-refractivity contribution >= 4 is 27.5 Å². The molecule has 0 aromatic heterocycles.